The third kappa shape index (κ3) is 1.56. The van der Waals surface area contributed by atoms with Crippen molar-refractivity contribution in [3.05, 3.63) is 77.1 Å². The van der Waals surface area contributed by atoms with E-state index in [0.29, 0.717) is 0 Å². The first-order valence-electron chi connectivity index (χ1n) is 7.70. The molecule has 0 fully saturated rings. The minimum absolute atomic E-state index is 0.896. The van der Waals surface area contributed by atoms with Crippen LogP contribution in [0, 0.1) is 0 Å². The molecule has 2 heterocycles. The normalized spacial score (nSPS) is 15.5. The van der Waals surface area contributed by atoms with E-state index in [9.17, 15) is 0 Å². The average Bonchev–Trinajstić information content (AvgIpc) is 3.15. The van der Waals surface area contributed by atoms with Crippen LogP contribution in [0.5, 0.6) is 0 Å². The van der Waals surface area contributed by atoms with E-state index in [1.165, 1.54) is 39.1 Å². The standard InChI is InChI=1S/C19H15N3/c1-2-5-13(6-3-1)16-8-4-7-14-9-10-15-12-22-17(11-20-21-22)19(15)18(14)16/h1-8,11H,9-10,12H2. The number of aromatic nitrogens is 3. The highest BCUT2D eigenvalue weighted by atomic mass is 15.4. The molecule has 3 aromatic rings. The zero-order chi connectivity index (χ0) is 14.5. The predicted octanol–water partition coefficient (Wildman–Crippen LogP) is 3.71. The monoisotopic (exact) mass is 285 g/mol. The van der Waals surface area contributed by atoms with Gasteiger partial charge in [0.1, 0.15) is 0 Å². The molecule has 2 aliphatic rings. The Morgan fingerprint density at radius 1 is 0.909 bits per heavy atom. The van der Waals surface area contributed by atoms with Gasteiger partial charge in [-0.2, -0.15) is 0 Å². The van der Waals surface area contributed by atoms with Gasteiger partial charge in [0.25, 0.3) is 0 Å². The molecule has 0 saturated carbocycles. The van der Waals surface area contributed by atoms with Gasteiger partial charge in [0, 0.05) is 5.57 Å². The van der Waals surface area contributed by atoms with Crippen LogP contribution in [0.2, 0.25) is 0 Å². The maximum Gasteiger partial charge on any atom is 0.0895 e. The second-order valence-corrected chi connectivity index (χ2v) is 5.96. The fourth-order valence-corrected chi connectivity index (χ4v) is 3.77. The molecular weight excluding hydrogens is 270 g/mol. The second-order valence-electron chi connectivity index (χ2n) is 5.96. The van der Waals surface area contributed by atoms with Crippen molar-refractivity contribution in [1.82, 2.24) is 15.0 Å². The van der Waals surface area contributed by atoms with Gasteiger partial charge in [-0.25, -0.2) is 4.68 Å². The SMILES string of the molecule is c1ccc(-c2cccc3c2C2=C(CC3)Cn3nncc32)cc1. The second kappa shape index (κ2) is 4.41. The first-order valence-corrected chi connectivity index (χ1v) is 7.70. The summed E-state index contributed by atoms with van der Waals surface area (Å²) in [6.07, 6.45) is 4.15. The molecule has 0 unspecified atom stereocenters. The molecule has 22 heavy (non-hydrogen) atoms. The smallest absolute Gasteiger partial charge is 0.0895 e. The first-order chi connectivity index (χ1) is 10.9. The van der Waals surface area contributed by atoms with Crippen molar-refractivity contribution in [1.29, 1.82) is 0 Å². The molecule has 1 aromatic heterocycles. The summed E-state index contributed by atoms with van der Waals surface area (Å²) in [4.78, 5) is 0. The fourth-order valence-electron chi connectivity index (χ4n) is 3.77. The van der Waals surface area contributed by atoms with Gasteiger partial charge in [-0.15, -0.1) is 5.10 Å². The van der Waals surface area contributed by atoms with Crippen molar-refractivity contribution < 1.29 is 0 Å². The lowest BCUT2D eigenvalue weighted by molar-refractivity contribution is 0.640. The van der Waals surface area contributed by atoms with Gasteiger partial charge in [0.2, 0.25) is 0 Å². The van der Waals surface area contributed by atoms with Crippen molar-refractivity contribution in [2.45, 2.75) is 19.4 Å². The molecule has 3 heteroatoms. The molecule has 1 aliphatic heterocycles. The maximum atomic E-state index is 4.22. The number of rotatable bonds is 1. The van der Waals surface area contributed by atoms with Crippen molar-refractivity contribution in [3.63, 3.8) is 0 Å². The molecule has 0 radical (unpaired) electrons. The van der Waals surface area contributed by atoms with E-state index in [-0.39, 0.29) is 0 Å². The van der Waals surface area contributed by atoms with Crippen LogP contribution in [-0.4, -0.2) is 15.0 Å². The molecule has 0 spiro atoms. The average molecular weight is 285 g/mol. The highest BCUT2D eigenvalue weighted by molar-refractivity contribution is 5.92. The largest absolute Gasteiger partial charge is 0.241 e. The van der Waals surface area contributed by atoms with Crippen LogP contribution in [-0.2, 0) is 13.0 Å². The quantitative estimate of drug-likeness (QED) is 0.682. The molecular formula is C19H15N3. The number of fused-ring (bicyclic) bond motifs is 4. The fraction of sp³-hybridized carbons (Fsp3) is 0.158. The summed E-state index contributed by atoms with van der Waals surface area (Å²) >= 11 is 0. The minimum atomic E-state index is 0.896. The molecule has 0 atom stereocenters. The number of hydrogen-bond donors (Lipinski definition) is 0. The molecule has 2 aromatic carbocycles. The third-order valence-corrected chi connectivity index (χ3v) is 4.75. The lowest BCUT2D eigenvalue weighted by Gasteiger charge is -2.21. The van der Waals surface area contributed by atoms with Gasteiger partial charge in [-0.3, -0.25) is 0 Å². The van der Waals surface area contributed by atoms with Crippen molar-refractivity contribution in [3.8, 4) is 11.1 Å². The third-order valence-electron chi connectivity index (χ3n) is 4.75. The van der Waals surface area contributed by atoms with Gasteiger partial charge in [-0.05, 0) is 40.7 Å². The summed E-state index contributed by atoms with van der Waals surface area (Å²) < 4.78 is 2.03. The van der Waals surface area contributed by atoms with Crippen LogP contribution in [0.25, 0.3) is 16.7 Å². The zero-order valence-electron chi connectivity index (χ0n) is 12.2. The molecule has 0 amide bonds. The van der Waals surface area contributed by atoms with Crippen molar-refractivity contribution in [2.24, 2.45) is 0 Å². The highest BCUT2D eigenvalue weighted by Crippen LogP contribution is 2.44. The van der Waals surface area contributed by atoms with Crippen LogP contribution >= 0.6 is 0 Å². The summed E-state index contributed by atoms with van der Waals surface area (Å²) in [7, 11) is 0. The Labute approximate surface area is 128 Å². The summed E-state index contributed by atoms with van der Waals surface area (Å²) in [6.45, 7) is 0.896. The van der Waals surface area contributed by atoms with Gasteiger partial charge in [0.15, 0.2) is 0 Å². The van der Waals surface area contributed by atoms with Crippen LogP contribution < -0.4 is 0 Å². The van der Waals surface area contributed by atoms with Crippen LogP contribution in [0.1, 0.15) is 23.2 Å². The zero-order valence-corrected chi connectivity index (χ0v) is 12.2. The van der Waals surface area contributed by atoms with Gasteiger partial charge in [0.05, 0.1) is 18.4 Å². The van der Waals surface area contributed by atoms with Crippen molar-refractivity contribution >= 4 is 5.57 Å². The Morgan fingerprint density at radius 2 is 1.82 bits per heavy atom. The van der Waals surface area contributed by atoms with Crippen LogP contribution in [0.15, 0.2) is 60.3 Å². The van der Waals surface area contributed by atoms with E-state index in [4.69, 9.17) is 0 Å². The Kier molecular flexibility index (Phi) is 2.39. The van der Waals surface area contributed by atoms with E-state index in [0.717, 1.165) is 19.4 Å². The summed E-state index contributed by atoms with van der Waals surface area (Å²) in [6, 6.07) is 17.3. The molecule has 0 N–H and O–H groups in total. The number of allylic oxidation sites excluding steroid dienone is 1. The lowest BCUT2D eigenvalue weighted by Crippen LogP contribution is -2.05. The van der Waals surface area contributed by atoms with E-state index in [1.54, 1.807) is 0 Å². The van der Waals surface area contributed by atoms with Gasteiger partial charge in [-0.1, -0.05) is 53.7 Å². The number of nitrogens with zero attached hydrogens (tertiary/aromatic N) is 3. The topological polar surface area (TPSA) is 30.7 Å². The van der Waals surface area contributed by atoms with Crippen LogP contribution in [0.3, 0.4) is 0 Å². The molecule has 0 bridgehead atoms. The Balaban J connectivity index is 1.81. The number of hydrogen-bond acceptors (Lipinski definition) is 2. The van der Waals surface area contributed by atoms with E-state index >= 15 is 0 Å². The molecule has 1 aliphatic carbocycles. The molecule has 106 valence electrons. The minimum Gasteiger partial charge on any atom is -0.241 e. The maximum absolute atomic E-state index is 4.22. The first kappa shape index (κ1) is 11.9. The predicted molar refractivity (Wildman–Crippen MR) is 86.2 cm³/mol. The highest BCUT2D eigenvalue weighted by Gasteiger charge is 2.30. The Morgan fingerprint density at radius 3 is 2.73 bits per heavy atom. The van der Waals surface area contributed by atoms with Gasteiger partial charge < -0.3 is 0 Å². The summed E-state index contributed by atoms with van der Waals surface area (Å²) in [5.74, 6) is 0. The van der Waals surface area contributed by atoms with Gasteiger partial charge >= 0.3 is 0 Å². The number of aryl methyl sites for hydroxylation is 1. The van der Waals surface area contributed by atoms with E-state index in [1.807, 2.05) is 10.9 Å². The summed E-state index contributed by atoms with van der Waals surface area (Å²) in [5, 5.41) is 8.31. The molecule has 5 rings (SSSR count). The molecule has 0 saturated heterocycles. The Bertz CT molecular complexity index is 903. The summed E-state index contributed by atoms with van der Waals surface area (Å²) in [5.41, 5.74) is 9.45. The van der Waals surface area contributed by atoms with Crippen molar-refractivity contribution in [2.75, 3.05) is 0 Å². The van der Waals surface area contributed by atoms with E-state index < -0.39 is 0 Å². The van der Waals surface area contributed by atoms with E-state index in [2.05, 4.69) is 58.8 Å². The lowest BCUT2D eigenvalue weighted by atomic mass is 9.81. The molecule has 3 nitrogen and oxygen atoms in total. The van der Waals surface area contributed by atoms with Crippen LogP contribution in [0.4, 0.5) is 0 Å². The number of benzene rings is 2. The Hall–Kier alpha value is -2.68.